The Kier molecular flexibility index (Phi) is 3.97. The molecule has 1 amide bonds. The number of hydrogen-bond acceptors (Lipinski definition) is 2. The van der Waals surface area contributed by atoms with Crippen molar-refractivity contribution in [3.05, 3.63) is 0 Å². The second-order valence-electron chi connectivity index (χ2n) is 3.79. The first-order valence-corrected chi connectivity index (χ1v) is 5.48. The van der Waals surface area contributed by atoms with Crippen LogP contribution in [0.15, 0.2) is 0 Å². The Hall–Kier alpha value is -0.530. The summed E-state index contributed by atoms with van der Waals surface area (Å²) in [5.74, 6) is 2.42. The molecule has 0 radical (unpaired) electrons. The largest absolute Gasteiger partial charge is 0.329 e. The standard InChI is InChI=1S/C10H15BrN2O/c1-8-6-13(10(14)4-5-11)7-9(2)12(8)3/h8-9H,6-7H2,1-3H3. The summed E-state index contributed by atoms with van der Waals surface area (Å²) in [6, 6.07) is 0.805. The summed E-state index contributed by atoms with van der Waals surface area (Å²) in [6.45, 7) is 5.78. The maximum Gasteiger partial charge on any atom is 0.299 e. The van der Waals surface area contributed by atoms with E-state index in [4.69, 9.17) is 0 Å². The summed E-state index contributed by atoms with van der Waals surface area (Å²) < 4.78 is 0. The van der Waals surface area contributed by atoms with E-state index in [9.17, 15) is 4.79 Å². The molecule has 0 aromatic carbocycles. The van der Waals surface area contributed by atoms with Crippen LogP contribution in [0.2, 0.25) is 0 Å². The topological polar surface area (TPSA) is 23.6 Å². The molecule has 1 saturated heterocycles. The Balaban J connectivity index is 2.65. The zero-order chi connectivity index (χ0) is 10.7. The molecule has 0 bridgehead atoms. The molecule has 2 atom stereocenters. The molecular weight excluding hydrogens is 244 g/mol. The van der Waals surface area contributed by atoms with E-state index in [1.807, 2.05) is 4.90 Å². The van der Waals surface area contributed by atoms with E-state index in [-0.39, 0.29) is 5.91 Å². The normalized spacial score (nSPS) is 28.1. The predicted octanol–water partition coefficient (Wildman–Crippen LogP) is 0.893. The highest BCUT2D eigenvalue weighted by Crippen LogP contribution is 2.12. The Bertz CT molecular complexity index is 270. The van der Waals surface area contributed by atoms with E-state index in [1.54, 1.807) is 0 Å². The molecule has 3 nitrogen and oxygen atoms in total. The molecule has 1 aliphatic rings. The number of hydrogen-bond donors (Lipinski definition) is 0. The fourth-order valence-corrected chi connectivity index (χ4v) is 1.86. The molecule has 78 valence electrons. The van der Waals surface area contributed by atoms with E-state index in [1.165, 1.54) is 0 Å². The molecule has 0 aromatic rings. The first kappa shape index (κ1) is 11.5. The van der Waals surface area contributed by atoms with Crippen molar-refractivity contribution in [3.8, 4) is 10.8 Å². The molecule has 1 rings (SSSR count). The Morgan fingerprint density at radius 2 is 1.86 bits per heavy atom. The Morgan fingerprint density at radius 1 is 1.36 bits per heavy atom. The van der Waals surface area contributed by atoms with Gasteiger partial charge in [0.1, 0.15) is 0 Å². The van der Waals surface area contributed by atoms with Crippen LogP contribution in [0, 0.1) is 10.8 Å². The number of halogens is 1. The van der Waals surface area contributed by atoms with Crippen molar-refractivity contribution < 1.29 is 4.79 Å². The zero-order valence-corrected chi connectivity index (χ0v) is 10.3. The lowest BCUT2D eigenvalue weighted by Gasteiger charge is -2.41. The molecule has 0 saturated carbocycles. The van der Waals surface area contributed by atoms with Crippen molar-refractivity contribution in [2.75, 3.05) is 20.1 Å². The van der Waals surface area contributed by atoms with E-state index in [0.29, 0.717) is 12.1 Å². The third-order valence-electron chi connectivity index (χ3n) is 2.80. The van der Waals surface area contributed by atoms with Crippen LogP contribution in [0.5, 0.6) is 0 Å². The lowest BCUT2D eigenvalue weighted by atomic mass is 10.1. The molecule has 0 aliphatic carbocycles. The maximum absolute atomic E-state index is 11.5. The molecule has 14 heavy (non-hydrogen) atoms. The minimum Gasteiger partial charge on any atom is -0.329 e. The van der Waals surface area contributed by atoms with E-state index < -0.39 is 0 Å². The minimum atomic E-state index is -0.0892. The number of likely N-dealkylation sites (N-methyl/N-ethyl adjacent to an activating group) is 1. The number of nitrogens with zero attached hydrogens (tertiary/aromatic N) is 2. The molecule has 2 unspecified atom stereocenters. The molecule has 0 N–H and O–H groups in total. The van der Waals surface area contributed by atoms with Crippen LogP contribution >= 0.6 is 15.9 Å². The third-order valence-corrected chi connectivity index (χ3v) is 3.00. The van der Waals surface area contributed by atoms with Gasteiger partial charge in [-0.2, -0.15) is 0 Å². The monoisotopic (exact) mass is 258 g/mol. The van der Waals surface area contributed by atoms with Gasteiger partial charge in [-0.1, -0.05) is 0 Å². The van der Waals surface area contributed by atoms with Crippen LogP contribution in [0.4, 0.5) is 0 Å². The third kappa shape index (κ3) is 2.49. The summed E-state index contributed by atoms with van der Waals surface area (Å²) >= 11 is 2.94. The van der Waals surface area contributed by atoms with Crippen LogP contribution in [-0.2, 0) is 4.79 Å². The predicted molar refractivity (Wildman–Crippen MR) is 60.0 cm³/mol. The number of piperazine rings is 1. The summed E-state index contributed by atoms with van der Waals surface area (Å²) in [7, 11) is 2.09. The van der Waals surface area contributed by atoms with Crippen molar-refractivity contribution in [3.63, 3.8) is 0 Å². The number of rotatable bonds is 0. The number of amides is 1. The van der Waals surface area contributed by atoms with Gasteiger partial charge >= 0.3 is 0 Å². The molecule has 0 aromatic heterocycles. The maximum atomic E-state index is 11.5. The first-order valence-electron chi connectivity index (χ1n) is 4.68. The fourth-order valence-electron chi connectivity index (χ4n) is 1.69. The summed E-state index contributed by atoms with van der Waals surface area (Å²) in [6.07, 6.45) is 0. The van der Waals surface area contributed by atoms with Crippen molar-refractivity contribution in [1.82, 2.24) is 9.80 Å². The van der Waals surface area contributed by atoms with Gasteiger partial charge in [0.2, 0.25) is 0 Å². The zero-order valence-electron chi connectivity index (χ0n) is 8.75. The van der Waals surface area contributed by atoms with E-state index in [0.717, 1.165) is 13.1 Å². The van der Waals surface area contributed by atoms with E-state index >= 15 is 0 Å². The summed E-state index contributed by atoms with van der Waals surface area (Å²) in [5, 5.41) is 0. The van der Waals surface area contributed by atoms with Gasteiger partial charge in [-0.05, 0) is 25.7 Å². The van der Waals surface area contributed by atoms with Crippen LogP contribution in [-0.4, -0.2) is 47.9 Å². The molecular formula is C10H15BrN2O. The number of carbonyl (C=O) groups is 1. The first-order chi connectivity index (χ1) is 6.56. The smallest absolute Gasteiger partial charge is 0.299 e. The average Bonchev–Trinajstić information content (AvgIpc) is 2.13. The van der Waals surface area contributed by atoms with Gasteiger partial charge in [-0.15, -0.1) is 0 Å². The number of carbonyl (C=O) groups excluding carboxylic acids is 1. The van der Waals surface area contributed by atoms with Crippen molar-refractivity contribution in [2.45, 2.75) is 25.9 Å². The lowest BCUT2D eigenvalue weighted by Crippen LogP contribution is -2.56. The highest BCUT2D eigenvalue weighted by Gasteiger charge is 2.28. The Morgan fingerprint density at radius 3 is 2.29 bits per heavy atom. The van der Waals surface area contributed by atoms with E-state index in [2.05, 4.69) is 52.5 Å². The van der Waals surface area contributed by atoms with Crippen LogP contribution in [0.1, 0.15) is 13.8 Å². The van der Waals surface area contributed by atoms with Gasteiger partial charge in [0, 0.05) is 47.0 Å². The second-order valence-corrected chi connectivity index (χ2v) is 4.19. The molecule has 1 heterocycles. The summed E-state index contributed by atoms with van der Waals surface area (Å²) in [5.41, 5.74) is 0. The van der Waals surface area contributed by atoms with Crippen LogP contribution < -0.4 is 0 Å². The highest BCUT2D eigenvalue weighted by atomic mass is 79.9. The Labute approximate surface area is 93.6 Å². The van der Waals surface area contributed by atoms with Crippen LogP contribution in [0.25, 0.3) is 0 Å². The lowest BCUT2D eigenvalue weighted by molar-refractivity contribution is -0.128. The average molecular weight is 259 g/mol. The fraction of sp³-hybridized carbons (Fsp3) is 0.700. The van der Waals surface area contributed by atoms with Gasteiger partial charge in [-0.3, -0.25) is 9.69 Å². The highest BCUT2D eigenvalue weighted by molar-refractivity contribution is 9.12. The molecule has 4 heteroatoms. The van der Waals surface area contributed by atoms with Gasteiger partial charge in [0.15, 0.2) is 0 Å². The molecule has 0 spiro atoms. The summed E-state index contributed by atoms with van der Waals surface area (Å²) in [4.78, 5) is 18.1. The van der Waals surface area contributed by atoms with Crippen molar-refractivity contribution in [1.29, 1.82) is 0 Å². The molecule has 1 fully saturated rings. The van der Waals surface area contributed by atoms with Crippen molar-refractivity contribution in [2.24, 2.45) is 0 Å². The minimum absolute atomic E-state index is 0.0892. The second kappa shape index (κ2) is 4.81. The van der Waals surface area contributed by atoms with Gasteiger partial charge < -0.3 is 4.90 Å². The van der Waals surface area contributed by atoms with Gasteiger partial charge in [0.25, 0.3) is 5.91 Å². The van der Waals surface area contributed by atoms with Gasteiger partial charge in [-0.25, -0.2) is 0 Å². The molecule has 1 aliphatic heterocycles. The quantitative estimate of drug-likeness (QED) is 0.603. The van der Waals surface area contributed by atoms with Crippen LogP contribution in [0.3, 0.4) is 0 Å². The SMILES string of the molecule is CC1CN(C(=O)C#CBr)CC(C)N1C. The van der Waals surface area contributed by atoms with Gasteiger partial charge in [0.05, 0.1) is 0 Å². The van der Waals surface area contributed by atoms with Crippen molar-refractivity contribution >= 4 is 21.8 Å².